The van der Waals surface area contributed by atoms with Crippen LogP contribution in [0.4, 0.5) is 0 Å². The molecule has 0 spiro atoms. The van der Waals surface area contributed by atoms with Gasteiger partial charge in [-0.05, 0) is 13.3 Å². The van der Waals surface area contributed by atoms with E-state index < -0.39 is 5.97 Å². The molecule has 1 atom stereocenters. The van der Waals surface area contributed by atoms with Crippen molar-refractivity contribution < 1.29 is 9.53 Å². The maximum absolute atomic E-state index is 10.4. The maximum Gasteiger partial charge on any atom is 0.330 e. The smallest absolute Gasteiger partial charge is 0.330 e. The third kappa shape index (κ3) is 5.63. The van der Waals surface area contributed by atoms with Crippen LogP contribution in [0.1, 0.15) is 13.3 Å². The predicted octanol–water partition coefficient (Wildman–Crippen LogP) is 1.73. The molecule has 0 heterocycles. The molecule has 0 saturated heterocycles. The number of esters is 1. The number of halogens is 1. The lowest BCUT2D eigenvalue weighted by molar-refractivity contribution is -0.137. The third-order valence-electron chi connectivity index (χ3n) is 0.927. The first-order valence-corrected chi connectivity index (χ1v) is 3.53. The van der Waals surface area contributed by atoms with Gasteiger partial charge in [0.05, 0.1) is 6.61 Å². The number of alkyl halides is 1. The fourth-order valence-electron chi connectivity index (χ4n) is 0.381. The summed E-state index contributed by atoms with van der Waals surface area (Å²) in [5.41, 5.74) is 0. The van der Waals surface area contributed by atoms with Gasteiger partial charge in [0.1, 0.15) is 0 Å². The van der Waals surface area contributed by atoms with Crippen LogP contribution in [-0.2, 0) is 9.53 Å². The minimum atomic E-state index is -0.391. The Morgan fingerprint density at radius 3 is 2.90 bits per heavy atom. The Balaban J connectivity index is 3.19. The van der Waals surface area contributed by atoms with E-state index in [-0.39, 0.29) is 5.38 Å². The van der Waals surface area contributed by atoms with Crippen LogP contribution < -0.4 is 0 Å². The van der Waals surface area contributed by atoms with Crippen molar-refractivity contribution >= 4 is 17.6 Å². The van der Waals surface area contributed by atoms with Crippen molar-refractivity contribution in [1.29, 1.82) is 0 Å². The molecule has 10 heavy (non-hydrogen) atoms. The molecule has 0 radical (unpaired) electrons. The number of ether oxygens (including phenoxy) is 1. The van der Waals surface area contributed by atoms with Gasteiger partial charge >= 0.3 is 5.97 Å². The molecular weight excluding hydrogens is 152 g/mol. The maximum atomic E-state index is 10.4. The number of hydrogen-bond donors (Lipinski definition) is 0. The predicted molar refractivity (Wildman–Crippen MR) is 41.1 cm³/mol. The Morgan fingerprint density at radius 2 is 2.50 bits per heavy atom. The van der Waals surface area contributed by atoms with Crippen LogP contribution in [0, 0.1) is 0 Å². The van der Waals surface area contributed by atoms with E-state index in [0.29, 0.717) is 13.0 Å². The summed E-state index contributed by atoms with van der Waals surface area (Å²) in [5.74, 6) is -0.391. The van der Waals surface area contributed by atoms with Crippen LogP contribution in [0.2, 0.25) is 0 Å². The normalized spacial score (nSPS) is 12.2. The molecule has 3 heteroatoms. The molecular formula is C7H11ClO2. The zero-order valence-corrected chi connectivity index (χ0v) is 6.73. The van der Waals surface area contributed by atoms with E-state index in [9.17, 15) is 4.79 Å². The van der Waals surface area contributed by atoms with Gasteiger partial charge in [-0.15, -0.1) is 11.6 Å². The van der Waals surface area contributed by atoms with Crippen molar-refractivity contribution in [1.82, 2.24) is 0 Å². The average Bonchev–Trinajstić information content (AvgIpc) is 1.87. The zero-order chi connectivity index (χ0) is 7.98. The summed E-state index contributed by atoms with van der Waals surface area (Å²) in [5, 5.41) is 0.0533. The van der Waals surface area contributed by atoms with E-state index in [4.69, 9.17) is 11.6 Å². The van der Waals surface area contributed by atoms with Gasteiger partial charge in [-0.1, -0.05) is 6.58 Å². The molecule has 0 aromatic carbocycles. The van der Waals surface area contributed by atoms with Crippen molar-refractivity contribution in [3.05, 3.63) is 12.7 Å². The van der Waals surface area contributed by atoms with E-state index in [1.54, 1.807) is 0 Å². The molecule has 0 aromatic rings. The number of carbonyl (C=O) groups is 1. The second-order valence-corrected chi connectivity index (χ2v) is 2.69. The molecule has 0 aromatic heterocycles. The largest absolute Gasteiger partial charge is 0.462 e. The number of hydrogen-bond acceptors (Lipinski definition) is 2. The molecule has 0 bridgehead atoms. The molecule has 0 fully saturated rings. The van der Waals surface area contributed by atoms with Crippen molar-refractivity contribution in [3.63, 3.8) is 0 Å². The van der Waals surface area contributed by atoms with Gasteiger partial charge in [0.25, 0.3) is 0 Å². The van der Waals surface area contributed by atoms with E-state index >= 15 is 0 Å². The van der Waals surface area contributed by atoms with Gasteiger partial charge in [0.2, 0.25) is 0 Å². The van der Waals surface area contributed by atoms with Crippen LogP contribution in [0.25, 0.3) is 0 Å². The minimum Gasteiger partial charge on any atom is -0.462 e. The molecule has 0 N–H and O–H groups in total. The van der Waals surface area contributed by atoms with E-state index in [2.05, 4.69) is 11.3 Å². The molecule has 0 aliphatic rings. The lowest BCUT2D eigenvalue weighted by Gasteiger charge is -2.01. The van der Waals surface area contributed by atoms with E-state index in [1.807, 2.05) is 6.92 Å². The Hall–Kier alpha value is -0.500. The van der Waals surface area contributed by atoms with E-state index in [0.717, 1.165) is 6.08 Å². The fourth-order valence-corrected chi connectivity index (χ4v) is 0.470. The quantitative estimate of drug-likeness (QED) is 0.358. The highest BCUT2D eigenvalue weighted by molar-refractivity contribution is 6.20. The standard InChI is InChI=1S/C7H11ClO2/c1-3-7(9)10-5-4-6(2)8/h3,6H,1,4-5H2,2H3. The monoisotopic (exact) mass is 162 g/mol. The van der Waals surface area contributed by atoms with Gasteiger partial charge in [-0.2, -0.15) is 0 Å². The fraction of sp³-hybridized carbons (Fsp3) is 0.571. The summed E-state index contributed by atoms with van der Waals surface area (Å²) in [6.07, 6.45) is 1.82. The molecule has 0 rings (SSSR count). The first kappa shape index (κ1) is 9.50. The Labute approximate surface area is 65.8 Å². The Morgan fingerprint density at radius 1 is 1.90 bits per heavy atom. The molecule has 0 aliphatic carbocycles. The minimum absolute atomic E-state index is 0.0533. The van der Waals surface area contributed by atoms with Crippen molar-refractivity contribution in [2.75, 3.05) is 6.61 Å². The molecule has 58 valence electrons. The zero-order valence-electron chi connectivity index (χ0n) is 5.97. The van der Waals surface area contributed by atoms with Crippen molar-refractivity contribution in [2.24, 2.45) is 0 Å². The van der Waals surface area contributed by atoms with Gasteiger partial charge in [-0.25, -0.2) is 4.79 Å². The average molecular weight is 163 g/mol. The summed E-state index contributed by atoms with van der Waals surface area (Å²) in [6.45, 7) is 5.47. The van der Waals surface area contributed by atoms with Crippen molar-refractivity contribution in [3.8, 4) is 0 Å². The van der Waals surface area contributed by atoms with Crippen LogP contribution in [0.15, 0.2) is 12.7 Å². The summed E-state index contributed by atoms with van der Waals surface area (Å²) in [6, 6.07) is 0. The highest BCUT2D eigenvalue weighted by atomic mass is 35.5. The first-order chi connectivity index (χ1) is 4.66. The van der Waals surface area contributed by atoms with Gasteiger partial charge in [0.15, 0.2) is 0 Å². The Kier molecular flexibility index (Phi) is 5.03. The third-order valence-corrected chi connectivity index (χ3v) is 1.14. The molecule has 2 nitrogen and oxygen atoms in total. The van der Waals surface area contributed by atoms with Gasteiger partial charge in [-0.3, -0.25) is 0 Å². The van der Waals surface area contributed by atoms with Gasteiger partial charge < -0.3 is 4.74 Å². The number of carbonyl (C=O) groups excluding carboxylic acids is 1. The lowest BCUT2D eigenvalue weighted by atomic mass is 10.3. The molecule has 0 saturated carbocycles. The summed E-state index contributed by atoms with van der Waals surface area (Å²) in [4.78, 5) is 10.4. The van der Waals surface area contributed by atoms with Crippen LogP contribution >= 0.6 is 11.6 Å². The van der Waals surface area contributed by atoms with Crippen LogP contribution in [-0.4, -0.2) is 18.0 Å². The number of rotatable bonds is 4. The van der Waals surface area contributed by atoms with Crippen LogP contribution in [0.3, 0.4) is 0 Å². The second-order valence-electron chi connectivity index (χ2n) is 1.94. The highest BCUT2D eigenvalue weighted by Gasteiger charge is 1.98. The highest BCUT2D eigenvalue weighted by Crippen LogP contribution is 1.99. The SMILES string of the molecule is C=CC(=O)OCCC(C)Cl. The molecule has 0 amide bonds. The first-order valence-electron chi connectivity index (χ1n) is 3.10. The topological polar surface area (TPSA) is 26.3 Å². The summed E-state index contributed by atoms with van der Waals surface area (Å²) >= 11 is 5.59. The second kappa shape index (κ2) is 5.30. The lowest BCUT2D eigenvalue weighted by Crippen LogP contribution is -2.05. The van der Waals surface area contributed by atoms with E-state index in [1.165, 1.54) is 0 Å². The van der Waals surface area contributed by atoms with Crippen LogP contribution in [0.5, 0.6) is 0 Å². The molecule has 0 aliphatic heterocycles. The summed E-state index contributed by atoms with van der Waals surface area (Å²) in [7, 11) is 0. The van der Waals surface area contributed by atoms with Gasteiger partial charge in [0, 0.05) is 11.5 Å². The Bertz CT molecular complexity index is 121. The van der Waals surface area contributed by atoms with Crippen molar-refractivity contribution in [2.45, 2.75) is 18.7 Å². The molecule has 1 unspecified atom stereocenters. The summed E-state index contributed by atoms with van der Waals surface area (Å²) < 4.78 is 4.66.